The summed E-state index contributed by atoms with van der Waals surface area (Å²) in [7, 11) is 0. The highest BCUT2D eigenvalue weighted by Gasteiger charge is 2.35. The fourth-order valence-corrected chi connectivity index (χ4v) is 3.79. The van der Waals surface area contributed by atoms with Crippen molar-refractivity contribution >= 4 is 52.2 Å². The number of halogens is 2. The number of aryl methyl sites for hydroxylation is 2. The molecule has 2 amide bonds. The van der Waals surface area contributed by atoms with Gasteiger partial charge in [0.2, 0.25) is 0 Å². The average molecular weight is 422 g/mol. The zero-order valence-electron chi connectivity index (χ0n) is 14.8. The molecule has 0 aromatic heterocycles. The van der Waals surface area contributed by atoms with Gasteiger partial charge in [-0.25, -0.2) is 0 Å². The van der Waals surface area contributed by atoms with E-state index in [4.69, 9.17) is 27.9 Å². The fraction of sp³-hybridized carbons (Fsp3) is 0.200. The largest absolute Gasteiger partial charge is 0.491 e. The fourth-order valence-electron chi connectivity index (χ4n) is 2.58. The molecule has 140 valence electrons. The lowest BCUT2D eigenvalue weighted by Crippen LogP contribution is -2.32. The number of ether oxygens (including phenoxy) is 1. The number of carbonyl (C=O) groups is 2. The minimum absolute atomic E-state index is 0.179. The van der Waals surface area contributed by atoms with Crippen molar-refractivity contribution in [2.45, 2.75) is 13.8 Å². The number of hydrogen-bond acceptors (Lipinski definition) is 4. The summed E-state index contributed by atoms with van der Waals surface area (Å²) < 4.78 is 5.75. The van der Waals surface area contributed by atoms with Crippen LogP contribution in [0.1, 0.15) is 16.7 Å². The van der Waals surface area contributed by atoms with Crippen LogP contribution < -0.4 is 4.74 Å². The third-order valence-electron chi connectivity index (χ3n) is 4.06. The Morgan fingerprint density at radius 1 is 1.15 bits per heavy atom. The first-order chi connectivity index (χ1) is 12.9. The number of nitrogens with zero attached hydrogens (tertiary/aromatic N) is 1. The Kier molecular flexibility index (Phi) is 6.15. The molecule has 0 N–H and O–H groups in total. The molecule has 1 heterocycles. The third kappa shape index (κ3) is 4.49. The second kappa shape index (κ2) is 8.38. The molecule has 1 aliphatic heterocycles. The minimum atomic E-state index is -0.356. The molecule has 0 unspecified atom stereocenters. The monoisotopic (exact) mass is 421 g/mol. The highest BCUT2D eigenvalue weighted by atomic mass is 35.5. The van der Waals surface area contributed by atoms with Gasteiger partial charge in [-0.3, -0.25) is 14.5 Å². The van der Waals surface area contributed by atoms with Crippen LogP contribution in [0, 0.1) is 13.8 Å². The predicted molar refractivity (Wildman–Crippen MR) is 111 cm³/mol. The van der Waals surface area contributed by atoms with Gasteiger partial charge in [0, 0.05) is 0 Å². The van der Waals surface area contributed by atoms with Gasteiger partial charge >= 0.3 is 0 Å². The number of hydrogen-bond donors (Lipinski definition) is 0. The van der Waals surface area contributed by atoms with Crippen LogP contribution in [-0.4, -0.2) is 29.2 Å². The Hall–Kier alpha value is -1.95. The van der Waals surface area contributed by atoms with Crippen LogP contribution >= 0.6 is 35.0 Å². The quantitative estimate of drug-likeness (QED) is 0.578. The van der Waals surface area contributed by atoms with E-state index >= 15 is 0 Å². The zero-order valence-corrected chi connectivity index (χ0v) is 17.1. The van der Waals surface area contributed by atoms with Gasteiger partial charge in [0.1, 0.15) is 12.4 Å². The molecule has 0 radical (unpaired) electrons. The summed E-state index contributed by atoms with van der Waals surface area (Å²) in [6.45, 7) is 4.34. The lowest BCUT2D eigenvalue weighted by atomic mass is 10.1. The topological polar surface area (TPSA) is 46.6 Å². The van der Waals surface area contributed by atoms with Gasteiger partial charge in [-0.1, -0.05) is 47.5 Å². The van der Waals surface area contributed by atoms with Gasteiger partial charge in [-0.05, 0) is 60.5 Å². The van der Waals surface area contributed by atoms with E-state index in [1.165, 1.54) is 4.90 Å². The maximum absolute atomic E-state index is 12.6. The summed E-state index contributed by atoms with van der Waals surface area (Å²) in [6, 6.07) is 11.1. The molecule has 2 aromatic rings. The van der Waals surface area contributed by atoms with Crippen LogP contribution in [0.15, 0.2) is 41.3 Å². The van der Waals surface area contributed by atoms with Gasteiger partial charge in [0.25, 0.3) is 11.1 Å². The van der Waals surface area contributed by atoms with Crippen LogP contribution in [0.25, 0.3) is 6.08 Å². The average Bonchev–Trinajstić information content (AvgIpc) is 2.89. The molecular weight excluding hydrogens is 405 g/mol. The predicted octanol–water partition coefficient (Wildman–Crippen LogP) is 5.73. The van der Waals surface area contributed by atoms with E-state index in [1.807, 2.05) is 32.0 Å². The lowest BCUT2D eigenvalue weighted by molar-refractivity contribution is -0.123. The van der Waals surface area contributed by atoms with Crippen LogP contribution in [0.2, 0.25) is 10.0 Å². The Bertz CT molecular complexity index is 943. The molecule has 27 heavy (non-hydrogen) atoms. The Labute approximate surface area is 172 Å². The van der Waals surface area contributed by atoms with Gasteiger partial charge in [-0.15, -0.1) is 0 Å². The summed E-state index contributed by atoms with van der Waals surface area (Å²) >= 11 is 13.0. The van der Waals surface area contributed by atoms with Crippen molar-refractivity contribution in [2.24, 2.45) is 0 Å². The Morgan fingerprint density at radius 3 is 2.70 bits per heavy atom. The van der Waals surface area contributed by atoms with Gasteiger partial charge in [0.15, 0.2) is 0 Å². The smallest absolute Gasteiger partial charge is 0.293 e. The van der Waals surface area contributed by atoms with Gasteiger partial charge in [-0.2, -0.15) is 0 Å². The zero-order chi connectivity index (χ0) is 19.6. The van der Waals surface area contributed by atoms with Crippen LogP contribution in [-0.2, 0) is 4.79 Å². The summed E-state index contributed by atoms with van der Waals surface area (Å²) in [6.07, 6.45) is 1.59. The van der Waals surface area contributed by atoms with Crippen molar-refractivity contribution in [3.63, 3.8) is 0 Å². The summed E-state index contributed by atoms with van der Waals surface area (Å²) in [4.78, 5) is 26.3. The first kappa shape index (κ1) is 19.8. The molecule has 0 bridgehead atoms. The molecule has 0 aliphatic carbocycles. The highest BCUT2D eigenvalue weighted by molar-refractivity contribution is 8.18. The van der Waals surface area contributed by atoms with E-state index in [-0.39, 0.29) is 24.3 Å². The van der Waals surface area contributed by atoms with Crippen LogP contribution in [0.3, 0.4) is 0 Å². The van der Waals surface area contributed by atoms with E-state index in [0.717, 1.165) is 28.6 Å². The van der Waals surface area contributed by atoms with Crippen molar-refractivity contribution in [3.8, 4) is 5.75 Å². The SMILES string of the molecule is Cc1ccc(C)c(OCCN2C(=O)S/C(=C\c3cccc(Cl)c3Cl)C2=O)c1. The molecule has 7 heteroatoms. The van der Waals surface area contributed by atoms with Gasteiger partial charge < -0.3 is 4.74 Å². The Balaban J connectivity index is 1.68. The third-order valence-corrected chi connectivity index (χ3v) is 5.80. The number of carbonyl (C=O) groups excluding carboxylic acids is 2. The van der Waals surface area contributed by atoms with Crippen LogP contribution in [0.5, 0.6) is 5.75 Å². The van der Waals surface area contributed by atoms with E-state index in [0.29, 0.717) is 20.5 Å². The van der Waals surface area contributed by atoms with Crippen molar-refractivity contribution in [1.29, 1.82) is 0 Å². The number of amides is 2. The van der Waals surface area contributed by atoms with Gasteiger partial charge in [0.05, 0.1) is 21.5 Å². The second-order valence-corrected chi connectivity index (χ2v) is 7.87. The molecule has 0 atom stereocenters. The van der Waals surface area contributed by atoms with E-state index < -0.39 is 0 Å². The minimum Gasteiger partial charge on any atom is -0.491 e. The molecular formula is C20H17Cl2NO3S. The summed E-state index contributed by atoms with van der Waals surface area (Å²) in [5, 5.41) is 0.421. The summed E-state index contributed by atoms with van der Waals surface area (Å²) in [5.41, 5.74) is 2.69. The molecule has 2 aromatic carbocycles. The molecule has 1 saturated heterocycles. The van der Waals surface area contributed by atoms with Crippen LogP contribution in [0.4, 0.5) is 4.79 Å². The first-order valence-electron chi connectivity index (χ1n) is 8.26. The normalized spacial score (nSPS) is 15.7. The molecule has 1 fully saturated rings. The van der Waals surface area contributed by atoms with Crippen molar-refractivity contribution in [2.75, 3.05) is 13.2 Å². The van der Waals surface area contributed by atoms with Crippen molar-refractivity contribution < 1.29 is 14.3 Å². The molecule has 0 saturated carbocycles. The molecule has 4 nitrogen and oxygen atoms in total. The molecule has 1 aliphatic rings. The van der Waals surface area contributed by atoms with E-state index in [2.05, 4.69) is 0 Å². The molecule has 3 rings (SSSR count). The molecule has 0 spiro atoms. The standard InChI is InChI=1S/C20H17Cl2NO3S/c1-12-6-7-13(2)16(10-12)26-9-8-23-19(24)17(27-20(23)25)11-14-4-3-5-15(21)18(14)22/h3-7,10-11H,8-9H2,1-2H3/b17-11-. The number of thioether (sulfide) groups is 1. The number of rotatable bonds is 5. The first-order valence-corrected chi connectivity index (χ1v) is 9.83. The van der Waals surface area contributed by atoms with Crippen molar-refractivity contribution in [3.05, 3.63) is 68.0 Å². The lowest BCUT2D eigenvalue weighted by Gasteiger charge is -2.14. The number of benzene rings is 2. The maximum atomic E-state index is 12.6. The summed E-state index contributed by atoms with van der Waals surface area (Å²) in [5.74, 6) is 0.397. The Morgan fingerprint density at radius 2 is 1.93 bits per heavy atom. The number of imide groups is 1. The maximum Gasteiger partial charge on any atom is 0.293 e. The van der Waals surface area contributed by atoms with Crippen molar-refractivity contribution in [1.82, 2.24) is 4.90 Å². The highest BCUT2D eigenvalue weighted by Crippen LogP contribution is 2.35. The van der Waals surface area contributed by atoms with E-state index in [9.17, 15) is 9.59 Å². The second-order valence-electron chi connectivity index (χ2n) is 6.09. The van der Waals surface area contributed by atoms with E-state index in [1.54, 1.807) is 24.3 Å².